The van der Waals surface area contributed by atoms with Gasteiger partial charge in [-0.15, -0.1) is 0 Å². The standard InChI is InChI=1S/C36H32N2/c1-25-20-35(21-26(2)37-25)33-16-12-29(13-17-33)8-10-31-6-5-7-32(24-31)11-9-30-14-18-34(19-15-30)36-22-27(3)38-28(4)23-36/h5-24H,1-4H3. The molecule has 2 nitrogen and oxygen atoms in total. The molecule has 3 aromatic carbocycles. The topological polar surface area (TPSA) is 25.8 Å². The lowest BCUT2D eigenvalue weighted by Gasteiger charge is -2.05. The number of aryl methyl sites for hydroxylation is 4. The zero-order chi connectivity index (χ0) is 26.5. The third kappa shape index (κ3) is 6.41. The van der Waals surface area contributed by atoms with Crippen LogP contribution < -0.4 is 0 Å². The summed E-state index contributed by atoms with van der Waals surface area (Å²) in [5.41, 5.74) is 13.7. The van der Waals surface area contributed by atoms with Gasteiger partial charge in [0.25, 0.3) is 0 Å². The van der Waals surface area contributed by atoms with E-state index in [-0.39, 0.29) is 0 Å². The van der Waals surface area contributed by atoms with Gasteiger partial charge in [0, 0.05) is 22.8 Å². The lowest BCUT2D eigenvalue weighted by Crippen LogP contribution is -1.88. The largest absolute Gasteiger partial charge is 0.258 e. The molecule has 186 valence electrons. The van der Waals surface area contributed by atoms with Crippen molar-refractivity contribution in [3.8, 4) is 22.3 Å². The minimum atomic E-state index is 1.05. The number of hydrogen-bond acceptors (Lipinski definition) is 2. The number of hydrogen-bond donors (Lipinski definition) is 0. The van der Waals surface area contributed by atoms with E-state index in [2.05, 4.69) is 131 Å². The molecule has 0 saturated carbocycles. The molecule has 0 saturated heterocycles. The van der Waals surface area contributed by atoms with Gasteiger partial charge in [-0.25, -0.2) is 0 Å². The molecular formula is C36H32N2. The average molecular weight is 493 g/mol. The summed E-state index contributed by atoms with van der Waals surface area (Å²) in [4.78, 5) is 8.96. The molecule has 0 bridgehead atoms. The Hall–Kier alpha value is -4.56. The fraction of sp³-hybridized carbons (Fsp3) is 0.111. The molecule has 2 heterocycles. The van der Waals surface area contributed by atoms with E-state index in [1.165, 1.54) is 44.5 Å². The summed E-state index contributed by atoms with van der Waals surface area (Å²) < 4.78 is 0. The molecule has 0 N–H and O–H groups in total. The second-order valence-electron chi connectivity index (χ2n) is 9.86. The highest BCUT2D eigenvalue weighted by Gasteiger charge is 2.02. The minimum absolute atomic E-state index is 1.05. The maximum atomic E-state index is 4.48. The van der Waals surface area contributed by atoms with Crippen LogP contribution in [0, 0.1) is 27.7 Å². The van der Waals surface area contributed by atoms with Gasteiger partial charge in [0.15, 0.2) is 0 Å². The highest BCUT2D eigenvalue weighted by Crippen LogP contribution is 2.24. The van der Waals surface area contributed by atoms with Crippen LogP contribution in [0.2, 0.25) is 0 Å². The van der Waals surface area contributed by atoms with Gasteiger partial charge in [0.2, 0.25) is 0 Å². The summed E-state index contributed by atoms with van der Waals surface area (Å²) in [6, 6.07) is 34.5. The first kappa shape index (κ1) is 25.1. The van der Waals surface area contributed by atoms with E-state index in [9.17, 15) is 0 Å². The third-order valence-corrected chi connectivity index (χ3v) is 6.50. The molecule has 2 heteroatoms. The molecule has 0 unspecified atom stereocenters. The molecule has 5 rings (SSSR count). The van der Waals surface area contributed by atoms with Gasteiger partial charge in [-0.3, -0.25) is 9.97 Å². The molecule has 0 aliphatic heterocycles. The maximum absolute atomic E-state index is 4.48. The smallest absolute Gasteiger partial charge is 0.0382 e. The van der Waals surface area contributed by atoms with E-state index < -0.39 is 0 Å². The molecule has 0 amide bonds. The van der Waals surface area contributed by atoms with Crippen molar-refractivity contribution in [2.45, 2.75) is 27.7 Å². The van der Waals surface area contributed by atoms with Gasteiger partial charge in [-0.1, -0.05) is 91.0 Å². The predicted octanol–water partition coefficient (Wildman–Crippen LogP) is 9.39. The molecule has 38 heavy (non-hydrogen) atoms. The minimum Gasteiger partial charge on any atom is -0.258 e. The SMILES string of the molecule is Cc1cc(-c2ccc(C=Cc3cccc(C=Cc4ccc(-c5cc(C)nc(C)c5)cc4)c3)cc2)cc(C)n1. The van der Waals surface area contributed by atoms with Crippen molar-refractivity contribution in [3.63, 3.8) is 0 Å². The van der Waals surface area contributed by atoms with Crippen molar-refractivity contribution in [3.05, 3.63) is 142 Å². The van der Waals surface area contributed by atoms with Gasteiger partial charge in [0.1, 0.15) is 0 Å². The molecule has 5 aromatic rings. The van der Waals surface area contributed by atoms with Crippen molar-refractivity contribution in [1.82, 2.24) is 9.97 Å². The van der Waals surface area contributed by atoms with E-state index in [1.54, 1.807) is 0 Å². The van der Waals surface area contributed by atoms with Crippen LogP contribution in [0.15, 0.2) is 97.1 Å². The van der Waals surface area contributed by atoms with E-state index >= 15 is 0 Å². The lowest BCUT2D eigenvalue weighted by molar-refractivity contribution is 1.12. The van der Waals surface area contributed by atoms with Crippen LogP contribution in [0.5, 0.6) is 0 Å². The van der Waals surface area contributed by atoms with Crippen molar-refractivity contribution in [2.24, 2.45) is 0 Å². The zero-order valence-corrected chi connectivity index (χ0v) is 22.4. The van der Waals surface area contributed by atoms with Crippen molar-refractivity contribution in [2.75, 3.05) is 0 Å². The van der Waals surface area contributed by atoms with Crippen LogP contribution in [0.1, 0.15) is 45.0 Å². The third-order valence-electron chi connectivity index (χ3n) is 6.50. The van der Waals surface area contributed by atoms with Crippen molar-refractivity contribution < 1.29 is 0 Å². The maximum Gasteiger partial charge on any atom is 0.0382 e. The first-order valence-electron chi connectivity index (χ1n) is 13.0. The Balaban J connectivity index is 1.26. The van der Waals surface area contributed by atoms with Crippen LogP contribution in [-0.4, -0.2) is 9.97 Å². The fourth-order valence-electron chi connectivity index (χ4n) is 4.73. The van der Waals surface area contributed by atoms with E-state index in [4.69, 9.17) is 0 Å². The second-order valence-corrected chi connectivity index (χ2v) is 9.86. The van der Waals surface area contributed by atoms with Gasteiger partial charge < -0.3 is 0 Å². The predicted molar refractivity (Wildman–Crippen MR) is 163 cm³/mol. The molecule has 0 atom stereocenters. The first-order valence-corrected chi connectivity index (χ1v) is 13.0. The number of nitrogens with zero attached hydrogens (tertiary/aromatic N) is 2. The van der Waals surface area contributed by atoms with Gasteiger partial charge >= 0.3 is 0 Å². The quantitative estimate of drug-likeness (QED) is 0.221. The zero-order valence-electron chi connectivity index (χ0n) is 22.4. The Bertz CT molecular complexity index is 1460. The summed E-state index contributed by atoms with van der Waals surface area (Å²) in [6.45, 7) is 8.16. The van der Waals surface area contributed by atoms with Gasteiger partial charge in [-0.05, 0) is 103 Å². The summed E-state index contributed by atoms with van der Waals surface area (Å²) in [5, 5.41) is 0. The van der Waals surface area contributed by atoms with Gasteiger partial charge in [-0.2, -0.15) is 0 Å². The van der Waals surface area contributed by atoms with Crippen LogP contribution in [0.4, 0.5) is 0 Å². The van der Waals surface area contributed by atoms with E-state index in [1.807, 2.05) is 27.7 Å². The normalized spacial score (nSPS) is 11.5. The summed E-state index contributed by atoms with van der Waals surface area (Å²) in [6.07, 6.45) is 8.66. The first-order chi connectivity index (χ1) is 18.4. The monoisotopic (exact) mass is 492 g/mol. The van der Waals surface area contributed by atoms with Gasteiger partial charge in [0.05, 0.1) is 0 Å². The molecule has 0 aliphatic carbocycles. The van der Waals surface area contributed by atoms with E-state index in [0.29, 0.717) is 0 Å². The summed E-state index contributed by atoms with van der Waals surface area (Å²) in [5.74, 6) is 0. The molecule has 0 radical (unpaired) electrons. The molecule has 0 aliphatic rings. The van der Waals surface area contributed by atoms with Crippen LogP contribution >= 0.6 is 0 Å². The second kappa shape index (κ2) is 11.2. The Morgan fingerprint density at radius 2 is 0.711 bits per heavy atom. The number of aromatic nitrogens is 2. The highest BCUT2D eigenvalue weighted by atomic mass is 14.7. The van der Waals surface area contributed by atoms with Crippen molar-refractivity contribution >= 4 is 24.3 Å². The summed E-state index contributed by atoms with van der Waals surface area (Å²) >= 11 is 0. The van der Waals surface area contributed by atoms with Crippen LogP contribution in [0.25, 0.3) is 46.6 Å². The average Bonchev–Trinajstić information content (AvgIpc) is 2.90. The lowest BCUT2D eigenvalue weighted by atomic mass is 10.0. The summed E-state index contributed by atoms with van der Waals surface area (Å²) in [7, 11) is 0. The van der Waals surface area contributed by atoms with E-state index in [0.717, 1.165) is 22.8 Å². The fourth-order valence-corrected chi connectivity index (χ4v) is 4.73. The number of pyridine rings is 2. The Kier molecular flexibility index (Phi) is 7.42. The molecule has 0 spiro atoms. The Morgan fingerprint density at radius 1 is 0.368 bits per heavy atom. The highest BCUT2D eigenvalue weighted by molar-refractivity contribution is 5.76. The molecule has 2 aromatic heterocycles. The van der Waals surface area contributed by atoms with Crippen molar-refractivity contribution in [1.29, 1.82) is 0 Å². The van der Waals surface area contributed by atoms with Crippen LogP contribution in [-0.2, 0) is 0 Å². The number of rotatable bonds is 6. The number of benzene rings is 3. The molecule has 0 fully saturated rings. The Labute approximate surface area is 226 Å². The van der Waals surface area contributed by atoms with Crippen LogP contribution in [0.3, 0.4) is 0 Å². The molecular weight excluding hydrogens is 460 g/mol. The Morgan fingerprint density at radius 3 is 1.08 bits per heavy atom.